The summed E-state index contributed by atoms with van der Waals surface area (Å²) in [7, 11) is 0. The zero-order valence-electron chi connectivity index (χ0n) is 12.0. The minimum absolute atomic E-state index is 0.300. The average molecular weight is 282 g/mol. The molecule has 0 amide bonds. The molecule has 0 heterocycles. The molecular formula is C18H18O3. The maximum atomic E-state index is 11.1. The normalized spacial score (nSPS) is 11.5. The quantitative estimate of drug-likeness (QED) is 0.571. The highest BCUT2D eigenvalue weighted by Gasteiger charge is 2.13. The third-order valence-electron chi connectivity index (χ3n) is 2.92. The Bertz CT molecular complexity index is 588. The Hall–Kier alpha value is -2.55. The van der Waals surface area contributed by atoms with Gasteiger partial charge in [0.2, 0.25) is 0 Å². The zero-order chi connectivity index (χ0) is 15.1. The van der Waals surface area contributed by atoms with E-state index in [1.54, 1.807) is 6.08 Å². The SMILES string of the molecule is C=CCC(OC(C)=O)c1ccc(Oc2ccccc2)cc1. The summed E-state index contributed by atoms with van der Waals surface area (Å²) in [6.45, 7) is 5.10. The Labute approximate surface area is 124 Å². The number of ether oxygens (including phenoxy) is 2. The molecule has 2 aromatic carbocycles. The summed E-state index contributed by atoms with van der Waals surface area (Å²) in [5.41, 5.74) is 0.922. The highest BCUT2D eigenvalue weighted by molar-refractivity contribution is 5.66. The van der Waals surface area contributed by atoms with Crippen LogP contribution in [0.2, 0.25) is 0 Å². The molecule has 0 aliphatic carbocycles. The molecule has 0 aliphatic heterocycles. The van der Waals surface area contributed by atoms with E-state index in [0.717, 1.165) is 17.1 Å². The molecular weight excluding hydrogens is 264 g/mol. The van der Waals surface area contributed by atoms with Crippen LogP contribution in [0.15, 0.2) is 67.3 Å². The lowest BCUT2D eigenvalue weighted by molar-refractivity contribution is -0.146. The number of esters is 1. The topological polar surface area (TPSA) is 35.5 Å². The fourth-order valence-corrected chi connectivity index (χ4v) is 1.98. The summed E-state index contributed by atoms with van der Waals surface area (Å²) in [6.07, 6.45) is 2.02. The van der Waals surface area contributed by atoms with Gasteiger partial charge in [0, 0.05) is 13.3 Å². The van der Waals surface area contributed by atoms with E-state index in [4.69, 9.17) is 9.47 Å². The molecule has 0 aliphatic rings. The molecule has 3 heteroatoms. The van der Waals surface area contributed by atoms with Gasteiger partial charge in [-0.2, -0.15) is 0 Å². The molecule has 21 heavy (non-hydrogen) atoms. The van der Waals surface area contributed by atoms with Gasteiger partial charge < -0.3 is 9.47 Å². The maximum Gasteiger partial charge on any atom is 0.303 e. The van der Waals surface area contributed by atoms with Crippen LogP contribution >= 0.6 is 0 Å². The molecule has 2 rings (SSSR count). The van der Waals surface area contributed by atoms with Gasteiger partial charge >= 0.3 is 5.97 Å². The van der Waals surface area contributed by atoms with E-state index in [1.807, 2.05) is 54.6 Å². The Morgan fingerprint density at radius 2 is 1.71 bits per heavy atom. The second-order valence-electron chi connectivity index (χ2n) is 4.61. The standard InChI is InChI=1S/C18H18O3/c1-3-7-18(20-14(2)19)15-10-12-17(13-11-15)21-16-8-5-4-6-9-16/h3-6,8-13,18H,1,7H2,2H3. The molecule has 0 saturated carbocycles. The van der Waals surface area contributed by atoms with Gasteiger partial charge in [-0.1, -0.05) is 36.4 Å². The lowest BCUT2D eigenvalue weighted by Gasteiger charge is -2.16. The zero-order valence-corrected chi connectivity index (χ0v) is 12.0. The molecule has 0 aromatic heterocycles. The summed E-state index contributed by atoms with van der Waals surface area (Å²) < 4.78 is 11.0. The summed E-state index contributed by atoms with van der Waals surface area (Å²) in [5, 5.41) is 0. The molecule has 0 fully saturated rings. The first-order valence-corrected chi connectivity index (χ1v) is 6.80. The Balaban J connectivity index is 2.09. The van der Waals surface area contributed by atoms with Gasteiger partial charge in [-0.25, -0.2) is 0 Å². The van der Waals surface area contributed by atoms with Crippen molar-refractivity contribution in [3.8, 4) is 11.5 Å². The minimum atomic E-state index is -0.300. The van der Waals surface area contributed by atoms with Crippen molar-refractivity contribution in [2.24, 2.45) is 0 Å². The number of benzene rings is 2. The predicted octanol–water partition coefficient (Wildman–Crippen LogP) is 4.66. The van der Waals surface area contributed by atoms with Crippen LogP contribution in [0, 0.1) is 0 Å². The number of rotatable bonds is 6. The van der Waals surface area contributed by atoms with Gasteiger partial charge in [-0.05, 0) is 29.8 Å². The van der Waals surface area contributed by atoms with Crippen LogP contribution in [-0.4, -0.2) is 5.97 Å². The molecule has 0 N–H and O–H groups in total. The van der Waals surface area contributed by atoms with E-state index in [9.17, 15) is 4.79 Å². The molecule has 0 saturated heterocycles. The van der Waals surface area contributed by atoms with Crippen molar-refractivity contribution in [3.05, 3.63) is 72.8 Å². The first kappa shape index (κ1) is 14.9. The fraction of sp³-hybridized carbons (Fsp3) is 0.167. The fourth-order valence-electron chi connectivity index (χ4n) is 1.98. The van der Waals surface area contributed by atoms with E-state index in [2.05, 4.69) is 6.58 Å². The van der Waals surface area contributed by atoms with Crippen LogP contribution in [0.25, 0.3) is 0 Å². The second kappa shape index (κ2) is 7.29. The first-order valence-electron chi connectivity index (χ1n) is 6.80. The molecule has 2 aromatic rings. The van der Waals surface area contributed by atoms with Crippen molar-refractivity contribution in [3.63, 3.8) is 0 Å². The number of carbonyl (C=O) groups is 1. The molecule has 0 spiro atoms. The Kier molecular flexibility index (Phi) is 5.16. The highest BCUT2D eigenvalue weighted by Crippen LogP contribution is 2.26. The largest absolute Gasteiger partial charge is 0.457 e. The van der Waals surface area contributed by atoms with Crippen molar-refractivity contribution in [1.29, 1.82) is 0 Å². The van der Waals surface area contributed by atoms with Gasteiger partial charge in [0.15, 0.2) is 0 Å². The van der Waals surface area contributed by atoms with Crippen molar-refractivity contribution in [2.45, 2.75) is 19.4 Å². The summed E-state index contributed by atoms with van der Waals surface area (Å²) >= 11 is 0. The van der Waals surface area contributed by atoms with E-state index in [0.29, 0.717) is 6.42 Å². The molecule has 108 valence electrons. The molecule has 3 nitrogen and oxygen atoms in total. The molecule has 1 unspecified atom stereocenters. The van der Waals surface area contributed by atoms with Crippen LogP contribution in [0.1, 0.15) is 25.0 Å². The lowest BCUT2D eigenvalue weighted by atomic mass is 10.1. The molecule has 0 bridgehead atoms. The van der Waals surface area contributed by atoms with Gasteiger partial charge in [-0.15, -0.1) is 6.58 Å². The number of hydrogen-bond donors (Lipinski definition) is 0. The number of carbonyl (C=O) groups excluding carboxylic acids is 1. The highest BCUT2D eigenvalue weighted by atomic mass is 16.5. The second-order valence-corrected chi connectivity index (χ2v) is 4.61. The number of para-hydroxylation sites is 1. The van der Waals surface area contributed by atoms with E-state index < -0.39 is 0 Å². The number of hydrogen-bond acceptors (Lipinski definition) is 3. The van der Waals surface area contributed by atoms with Gasteiger partial charge in [0.05, 0.1) is 0 Å². The van der Waals surface area contributed by atoms with Gasteiger partial charge in [-0.3, -0.25) is 4.79 Å². The molecule has 0 radical (unpaired) electrons. The van der Waals surface area contributed by atoms with Crippen LogP contribution in [0.3, 0.4) is 0 Å². The van der Waals surface area contributed by atoms with E-state index >= 15 is 0 Å². The van der Waals surface area contributed by atoms with Crippen molar-refractivity contribution in [2.75, 3.05) is 0 Å². The Morgan fingerprint density at radius 3 is 2.29 bits per heavy atom. The summed E-state index contributed by atoms with van der Waals surface area (Å²) in [5.74, 6) is 1.23. The van der Waals surface area contributed by atoms with Crippen molar-refractivity contribution >= 4 is 5.97 Å². The van der Waals surface area contributed by atoms with Crippen LogP contribution in [0.5, 0.6) is 11.5 Å². The predicted molar refractivity (Wildman–Crippen MR) is 82.3 cm³/mol. The first-order chi connectivity index (χ1) is 10.2. The van der Waals surface area contributed by atoms with Crippen molar-refractivity contribution < 1.29 is 14.3 Å². The van der Waals surface area contributed by atoms with Crippen molar-refractivity contribution in [1.82, 2.24) is 0 Å². The monoisotopic (exact) mass is 282 g/mol. The van der Waals surface area contributed by atoms with Gasteiger partial charge in [0.1, 0.15) is 17.6 Å². The van der Waals surface area contributed by atoms with Crippen LogP contribution in [-0.2, 0) is 9.53 Å². The third kappa shape index (κ3) is 4.49. The van der Waals surface area contributed by atoms with E-state index in [-0.39, 0.29) is 12.1 Å². The third-order valence-corrected chi connectivity index (χ3v) is 2.92. The minimum Gasteiger partial charge on any atom is -0.457 e. The maximum absolute atomic E-state index is 11.1. The van der Waals surface area contributed by atoms with Crippen LogP contribution in [0.4, 0.5) is 0 Å². The smallest absolute Gasteiger partial charge is 0.303 e. The van der Waals surface area contributed by atoms with E-state index in [1.165, 1.54) is 6.92 Å². The average Bonchev–Trinajstić information content (AvgIpc) is 2.48. The molecule has 1 atom stereocenters. The van der Waals surface area contributed by atoms with Crippen LogP contribution < -0.4 is 4.74 Å². The lowest BCUT2D eigenvalue weighted by Crippen LogP contribution is -2.07. The van der Waals surface area contributed by atoms with Gasteiger partial charge in [0.25, 0.3) is 0 Å². The summed E-state index contributed by atoms with van der Waals surface area (Å²) in [6, 6.07) is 17.1. The summed E-state index contributed by atoms with van der Waals surface area (Å²) in [4.78, 5) is 11.1. The Morgan fingerprint density at radius 1 is 1.10 bits per heavy atom.